The number of carboxylic acid groups (broad SMARTS) is 1. The zero-order valence-electron chi connectivity index (χ0n) is 6.93. The monoisotopic (exact) mass is 177 g/mol. The summed E-state index contributed by atoms with van der Waals surface area (Å²) < 4.78 is 1.60. The van der Waals surface area contributed by atoms with E-state index in [9.17, 15) is 4.79 Å². The van der Waals surface area contributed by atoms with E-state index >= 15 is 0 Å². The highest BCUT2D eigenvalue weighted by atomic mass is 16.4. The maximum Gasteiger partial charge on any atom is 0.358 e. The number of fused-ring (bicyclic) bond motifs is 1. The lowest BCUT2D eigenvalue weighted by atomic mass is 10.4. The van der Waals surface area contributed by atoms with Crippen molar-refractivity contribution < 1.29 is 9.90 Å². The molecular formula is C8H7N3O2. The van der Waals surface area contributed by atoms with Gasteiger partial charge in [-0.15, -0.1) is 0 Å². The van der Waals surface area contributed by atoms with E-state index in [1.54, 1.807) is 16.8 Å². The van der Waals surface area contributed by atoms with Gasteiger partial charge in [-0.3, -0.25) is 4.40 Å². The largest absolute Gasteiger partial charge is 0.476 e. The summed E-state index contributed by atoms with van der Waals surface area (Å²) in [4.78, 5) is 18.4. The number of aryl methyl sites for hydroxylation is 1. The lowest BCUT2D eigenvalue weighted by Crippen LogP contribution is -1.99. The summed E-state index contributed by atoms with van der Waals surface area (Å²) in [6.45, 7) is 1.88. The van der Waals surface area contributed by atoms with Gasteiger partial charge in [-0.05, 0) is 12.5 Å². The minimum Gasteiger partial charge on any atom is -0.476 e. The van der Waals surface area contributed by atoms with Crippen LogP contribution in [-0.2, 0) is 0 Å². The molecule has 2 heterocycles. The van der Waals surface area contributed by atoms with Gasteiger partial charge in [0.15, 0.2) is 11.3 Å². The van der Waals surface area contributed by atoms with E-state index in [1.807, 2.05) is 6.92 Å². The van der Waals surface area contributed by atoms with Gasteiger partial charge in [-0.2, -0.15) is 0 Å². The Kier molecular flexibility index (Phi) is 1.51. The van der Waals surface area contributed by atoms with Crippen LogP contribution in [0.4, 0.5) is 0 Å². The number of imidazole rings is 1. The summed E-state index contributed by atoms with van der Waals surface area (Å²) in [5.74, 6) is -1.06. The van der Waals surface area contributed by atoms with Crippen molar-refractivity contribution in [3.63, 3.8) is 0 Å². The average molecular weight is 177 g/mol. The van der Waals surface area contributed by atoms with E-state index < -0.39 is 5.97 Å². The predicted octanol–water partition coefficient (Wildman–Crippen LogP) is 0.736. The highest BCUT2D eigenvalue weighted by molar-refractivity contribution is 5.92. The zero-order valence-corrected chi connectivity index (χ0v) is 6.93. The SMILES string of the molecule is Cc1cnc2c(C(=O)O)ncn2c1. The first kappa shape index (κ1) is 7.72. The Morgan fingerprint density at radius 2 is 2.31 bits per heavy atom. The highest BCUT2D eigenvalue weighted by Gasteiger charge is 2.12. The molecule has 2 aromatic rings. The van der Waals surface area contributed by atoms with Crippen LogP contribution in [-0.4, -0.2) is 25.4 Å². The van der Waals surface area contributed by atoms with Crippen LogP contribution in [0.1, 0.15) is 16.1 Å². The molecular weight excluding hydrogens is 170 g/mol. The second-order valence-electron chi connectivity index (χ2n) is 2.76. The third-order valence-corrected chi connectivity index (χ3v) is 1.70. The topological polar surface area (TPSA) is 67.5 Å². The second kappa shape index (κ2) is 2.55. The molecule has 1 N–H and O–H groups in total. The normalized spacial score (nSPS) is 10.5. The van der Waals surface area contributed by atoms with Crippen molar-refractivity contribution in [2.24, 2.45) is 0 Å². The first-order valence-corrected chi connectivity index (χ1v) is 3.71. The van der Waals surface area contributed by atoms with Crippen molar-refractivity contribution in [1.29, 1.82) is 0 Å². The molecule has 0 aromatic carbocycles. The van der Waals surface area contributed by atoms with E-state index in [4.69, 9.17) is 5.11 Å². The molecule has 5 heteroatoms. The molecule has 0 amide bonds. The number of nitrogens with zero attached hydrogens (tertiary/aromatic N) is 3. The van der Waals surface area contributed by atoms with Crippen molar-refractivity contribution in [2.45, 2.75) is 6.92 Å². The fraction of sp³-hybridized carbons (Fsp3) is 0.125. The van der Waals surface area contributed by atoms with Gasteiger partial charge in [0.2, 0.25) is 0 Å². The molecule has 0 aliphatic rings. The average Bonchev–Trinajstić information content (AvgIpc) is 2.46. The Bertz CT molecular complexity index is 475. The van der Waals surface area contributed by atoms with Crippen LogP contribution < -0.4 is 0 Å². The van der Waals surface area contributed by atoms with Crippen molar-refractivity contribution in [2.75, 3.05) is 0 Å². The Hall–Kier alpha value is -1.91. The van der Waals surface area contributed by atoms with Crippen LogP contribution in [0.25, 0.3) is 5.65 Å². The van der Waals surface area contributed by atoms with Gasteiger partial charge in [0.1, 0.15) is 6.33 Å². The van der Waals surface area contributed by atoms with E-state index in [0.29, 0.717) is 5.65 Å². The molecule has 0 saturated heterocycles. The molecule has 0 bridgehead atoms. The fourth-order valence-electron chi connectivity index (χ4n) is 1.14. The van der Waals surface area contributed by atoms with Crippen LogP contribution in [0.5, 0.6) is 0 Å². The molecule has 0 saturated carbocycles. The molecule has 0 fully saturated rings. The lowest BCUT2D eigenvalue weighted by Gasteiger charge is -1.94. The second-order valence-corrected chi connectivity index (χ2v) is 2.76. The minimum atomic E-state index is -1.06. The molecule has 2 aromatic heterocycles. The van der Waals surface area contributed by atoms with Crippen LogP contribution in [0.2, 0.25) is 0 Å². The van der Waals surface area contributed by atoms with Crippen molar-refractivity contribution >= 4 is 11.6 Å². The summed E-state index contributed by atoms with van der Waals surface area (Å²) in [5, 5.41) is 8.73. The number of hydrogen-bond acceptors (Lipinski definition) is 3. The Morgan fingerprint density at radius 3 is 3.00 bits per heavy atom. The Morgan fingerprint density at radius 1 is 1.54 bits per heavy atom. The predicted molar refractivity (Wildman–Crippen MR) is 44.7 cm³/mol. The standard InChI is InChI=1S/C8H7N3O2/c1-5-2-9-7-6(8(12)13)10-4-11(7)3-5/h2-4H,1H3,(H,12,13). The van der Waals surface area contributed by atoms with Gasteiger partial charge >= 0.3 is 5.97 Å². The van der Waals surface area contributed by atoms with Gasteiger partial charge in [0, 0.05) is 12.4 Å². The number of hydrogen-bond donors (Lipinski definition) is 1. The summed E-state index contributed by atoms with van der Waals surface area (Å²) >= 11 is 0. The van der Waals surface area contributed by atoms with Crippen LogP contribution in [0, 0.1) is 6.92 Å². The summed E-state index contributed by atoms with van der Waals surface area (Å²) in [7, 11) is 0. The third kappa shape index (κ3) is 1.14. The smallest absolute Gasteiger partial charge is 0.358 e. The highest BCUT2D eigenvalue weighted by Crippen LogP contribution is 2.06. The molecule has 66 valence electrons. The summed E-state index contributed by atoms with van der Waals surface area (Å²) in [6, 6.07) is 0. The van der Waals surface area contributed by atoms with E-state index in [-0.39, 0.29) is 5.69 Å². The molecule has 0 radical (unpaired) electrons. The van der Waals surface area contributed by atoms with Gasteiger partial charge in [0.25, 0.3) is 0 Å². The molecule has 2 rings (SSSR count). The Labute approximate surface area is 73.7 Å². The summed E-state index contributed by atoms with van der Waals surface area (Å²) in [5.41, 5.74) is 1.32. The molecule has 0 aliphatic heterocycles. The fourth-order valence-corrected chi connectivity index (χ4v) is 1.14. The number of aromatic carboxylic acids is 1. The van der Waals surface area contributed by atoms with Gasteiger partial charge in [-0.25, -0.2) is 14.8 Å². The molecule has 0 atom stereocenters. The number of carbonyl (C=O) groups is 1. The van der Waals surface area contributed by atoms with Crippen LogP contribution in [0.15, 0.2) is 18.7 Å². The van der Waals surface area contributed by atoms with Crippen molar-refractivity contribution in [3.8, 4) is 0 Å². The first-order chi connectivity index (χ1) is 6.18. The van der Waals surface area contributed by atoms with Gasteiger partial charge in [0.05, 0.1) is 0 Å². The van der Waals surface area contributed by atoms with Crippen LogP contribution in [0.3, 0.4) is 0 Å². The van der Waals surface area contributed by atoms with E-state index in [0.717, 1.165) is 5.56 Å². The first-order valence-electron chi connectivity index (χ1n) is 3.71. The maximum atomic E-state index is 10.6. The van der Waals surface area contributed by atoms with E-state index in [2.05, 4.69) is 9.97 Å². The molecule has 0 unspecified atom stereocenters. The van der Waals surface area contributed by atoms with Gasteiger partial charge in [-0.1, -0.05) is 0 Å². The maximum absolute atomic E-state index is 10.6. The van der Waals surface area contributed by atoms with Gasteiger partial charge < -0.3 is 5.11 Å². The zero-order chi connectivity index (χ0) is 9.42. The number of carboxylic acids is 1. The molecule has 13 heavy (non-hydrogen) atoms. The minimum absolute atomic E-state index is 0.0139. The quantitative estimate of drug-likeness (QED) is 0.697. The molecule has 0 aliphatic carbocycles. The van der Waals surface area contributed by atoms with E-state index in [1.165, 1.54) is 6.33 Å². The number of aromatic nitrogens is 3. The van der Waals surface area contributed by atoms with Crippen molar-refractivity contribution in [3.05, 3.63) is 30.0 Å². The summed E-state index contributed by atoms with van der Waals surface area (Å²) in [6.07, 6.45) is 4.84. The molecule has 0 spiro atoms. The van der Waals surface area contributed by atoms with Crippen molar-refractivity contribution in [1.82, 2.24) is 14.4 Å². The number of rotatable bonds is 1. The lowest BCUT2D eigenvalue weighted by molar-refractivity contribution is 0.0693. The third-order valence-electron chi connectivity index (χ3n) is 1.70. The van der Waals surface area contributed by atoms with Crippen LogP contribution >= 0.6 is 0 Å². The molecule has 5 nitrogen and oxygen atoms in total. The Balaban J connectivity index is 2.76.